The highest BCUT2D eigenvalue weighted by molar-refractivity contribution is 6.30. The molecule has 1 fully saturated rings. The Morgan fingerprint density at radius 2 is 1.93 bits per heavy atom. The van der Waals surface area contributed by atoms with E-state index in [4.69, 9.17) is 11.6 Å². The molecule has 0 atom stereocenters. The third kappa shape index (κ3) is 5.04. The van der Waals surface area contributed by atoms with Crippen molar-refractivity contribution in [2.75, 3.05) is 18.0 Å². The topological polar surface area (TPSA) is 61.4 Å². The van der Waals surface area contributed by atoms with Crippen LogP contribution in [0.25, 0.3) is 0 Å². The summed E-state index contributed by atoms with van der Waals surface area (Å²) in [6.45, 7) is 5.78. The van der Waals surface area contributed by atoms with Crippen LogP contribution in [0, 0.1) is 0 Å². The molecule has 2 aromatic carbocycles. The standard InChI is InChI=1S/C22H26ClN3O2/c1-22(2,17-7-4-8-18(23)13-17)15-25-21(28)24-14-16-6-3-9-19(12-16)26-11-5-10-20(26)27/h3-4,6-9,12-13H,5,10-11,14-15H2,1-2H3,(H2,24,25,28). The minimum absolute atomic E-state index is 0.158. The molecule has 5 nitrogen and oxygen atoms in total. The van der Waals surface area contributed by atoms with Crippen LogP contribution in [0.1, 0.15) is 37.8 Å². The highest BCUT2D eigenvalue weighted by Crippen LogP contribution is 2.25. The molecular weight excluding hydrogens is 374 g/mol. The van der Waals surface area contributed by atoms with Gasteiger partial charge in [-0.1, -0.05) is 49.7 Å². The van der Waals surface area contributed by atoms with Gasteiger partial charge in [0.2, 0.25) is 5.91 Å². The van der Waals surface area contributed by atoms with Crippen LogP contribution in [0.4, 0.5) is 10.5 Å². The second-order valence-electron chi connectivity index (χ2n) is 7.75. The fourth-order valence-electron chi connectivity index (χ4n) is 3.31. The first-order valence-corrected chi connectivity index (χ1v) is 9.90. The van der Waals surface area contributed by atoms with Gasteiger partial charge in [0.1, 0.15) is 0 Å². The van der Waals surface area contributed by atoms with Crippen molar-refractivity contribution in [3.8, 4) is 0 Å². The number of carbonyl (C=O) groups excluding carboxylic acids is 2. The van der Waals surface area contributed by atoms with Crippen LogP contribution < -0.4 is 15.5 Å². The summed E-state index contributed by atoms with van der Waals surface area (Å²) in [7, 11) is 0. The van der Waals surface area contributed by atoms with E-state index in [1.54, 1.807) is 4.90 Å². The van der Waals surface area contributed by atoms with Crippen LogP contribution in [-0.2, 0) is 16.8 Å². The zero-order valence-electron chi connectivity index (χ0n) is 16.3. The Balaban J connectivity index is 1.52. The SMILES string of the molecule is CC(C)(CNC(=O)NCc1cccc(N2CCCC2=O)c1)c1cccc(Cl)c1. The molecule has 0 radical (unpaired) electrons. The van der Waals surface area contributed by atoms with Gasteiger partial charge in [-0.3, -0.25) is 4.79 Å². The molecule has 6 heteroatoms. The second kappa shape index (κ2) is 8.65. The molecule has 1 aliphatic heterocycles. The molecule has 0 bridgehead atoms. The molecule has 1 aliphatic rings. The number of nitrogens with zero attached hydrogens (tertiary/aromatic N) is 1. The molecule has 3 amide bonds. The fraction of sp³-hybridized carbons (Fsp3) is 0.364. The Bertz CT molecular complexity index is 866. The Hall–Kier alpha value is -2.53. The van der Waals surface area contributed by atoms with Crippen LogP contribution in [0.5, 0.6) is 0 Å². The largest absolute Gasteiger partial charge is 0.337 e. The van der Waals surface area contributed by atoms with Crippen molar-refractivity contribution in [3.63, 3.8) is 0 Å². The summed E-state index contributed by atoms with van der Waals surface area (Å²) < 4.78 is 0. The van der Waals surface area contributed by atoms with Crippen LogP contribution in [0.2, 0.25) is 5.02 Å². The number of anilines is 1. The third-order valence-electron chi connectivity index (χ3n) is 5.05. The number of urea groups is 1. The van der Waals surface area contributed by atoms with Crippen molar-refractivity contribution >= 4 is 29.2 Å². The predicted molar refractivity (Wildman–Crippen MR) is 113 cm³/mol. The Labute approximate surface area is 171 Å². The van der Waals surface area contributed by atoms with Gasteiger partial charge in [-0.25, -0.2) is 4.79 Å². The van der Waals surface area contributed by atoms with Gasteiger partial charge in [0, 0.05) is 42.2 Å². The van der Waals surface area contributed by atoms with Crippen molar-refractivity contribution in [3.05, 3.63) is 64.7 Å². The maximum atomic E-state index is 12.2. The first-order chi connectivity index (χ1) is 13.3. The van der Waals surface area contributed by atoms with E-state index in [-0.39, 0.29) is 17.4 Å². The van der Waals surface area contributed by atoms with Crippen LogP contribution in [-0.4, -0.2) is 25.0 Å². The number of hydrogen-bond acceptors (Lipinski definition) is 2. The molecule has 28 heavy (non-hydrogen) atoms. The maximum absolute atomic E-state index is 12.2. The zero-order chi connectivity index (χ0) is 20.1. The lowest BCUT2D eigenvalue weighted by Crippen LogP contribution is -2.42. The summed E-state index contributed by atoms with van der Waals surface area (Å²) >= 11 is 6.08. The quantitative estimate of drug-likeness (QED) is 0.763. The second-order valence-corrected chi connectivity index (χ2v) is 8.19. The fourth-order valence-corrected chi connectivity index (χ4v) is 3.50. The highest BCUT2D eigenvalue weighted by Gasteiger charge is 2.23. The summed E-state index contributed by atoms with van der Waals surface area (Å²) in [4.78, 5) is 26.0. The summed E-state index contributed by atoms with van der Waals surface area (Å²) in [5, 5.41) is 6.50. The minimum atomic E-state index is -0.238. The molecule has 2 aromatic rings. The molecule has 0 aliphatic carbocycles. The van der Waals surface area contributed by atoms with Crippen LogP contribution in [0.15, 0.2) is 48.5 Å². The molecule has 1 heterocycles. The minimum Gasteiger partial charge on any atom is -0.337 e. The van der Waals surface area contributed by atoms with E-state index in [1.807, 2.05) is 48.5 Å². The van der Waals surface area contributed by atoms with Crippen molar-refractivity contribution in [1.82, 2.24) is 10.6 Å². The van der Waals surface area contributed by atoms with Crippen molar-refractivity contribution in [1.29, 1.82) is 0 Å². The molecular formula is C22H26ClN3O2. The maximum Gasteiger partial charge on any atom is 0.315 e. The van der Waals surface area contributed by atoms with E-state index in [1.165, 1.54) is 0 Å². The lowest BCUT2D eigenvalue weighted by atomic mass is 9.85. The monoisotopic (exact) mass is 399 g/mol. The number of amides is 3. The zero-order valence-corrected chi connectivity index (χ0v) is 17.1. The average molecular weight is 400 g/mol. The van der Waals surface area contributed by atoms with Gasteiger partial charge in [-0.05, 0) is 41.8 Å². The number of hydrogen-bond donors (Lipinski definition) is 2. The number of rotatable bonds is 6. The summed E-state index contributed by atoms with van der Waals surface area (Å²) in [6.07, 6.45) is 1.50. The molecule has 0 unspecified atom stereocenters. The molecule has 1 saturated heterocycles. The molecule has 2 N–H and O–H groups in total. The van der Waals surface area contributed by atoms with Gasteiger partial charge in [-0.2, -0.15) is 0 Å². The third-order valence-corrected chi connectivity index (χ3v) is 5.28. The van der Waals surface area contributed by atoms with Crippen molar-refractivity contribution in [2.45, 2.75) is 38.6 Å². The van der Waals surface area contributed by atoms with E-state index in [2.05, 4.69) is 24.5 Å². The number of benzene rings is 2. The first-order valence-electron chi connectivity index (χ1n) is 9.52. The van der Waals surface area contributed by atoms with E-state index in [0.29, 0.717) is 24.5 Å². The van der Waals surface area contributed by atoms with Gasteiger partial charge < -0.3 is 15.5 Å². The molecule has 3 rings (SSSR count). The lowest BCUT2D eigenvalue weighted by Gasteiger charge is -2.26. The van der Waals surface area contributed by atoms with Gasteiger partial charge >= 0.3 is 6.03 Å². The normalized spacial score (nSPS) is 14.2. The van der Waals surface area contributed by atoms with Gasteiger partial charge in [0.05, 0.1) is 0 Å². The summed E-state index contributed by atoms with van der Waals surface area (Å²) in [6, 6.07) is 15.2. The van der Waals surface area contributed by atoms with Crippen LogP contribution >= 0.6 is 11.6 Å². The smallest absolute Gasteiger partial charge is 0.315 e. The molecule has 0 saturated carbocycles. The Morgan fingerprint density at radius 3 is 2.64 bits per heavy atom. The lowest BCUT2D eigenvalue weighted by molar-refractivity contribution is -0.117. The van der Waals surface area contributed by atoms with Gasteiger partial charge in [-0.15, -0.1) is 0 Å². The molecule has 0 spiro atoms. The Morgan fingerprint density at radius 1 is 1.14 bits per heavy atom. The van der Waals surface area contributed by atoms with E-state index >= 15 is 0 Å². The molecule has 148 valence electrons. The highest BCUT2D eigenvalue weighted by atomic mass is 35.5. The summed E-state index contributed by atoms with van der Waals surface area (Å²) in [5.74, 6) is 0.158. The van der Waals surface area contributed by atoms with Gasteiger partial charge in [0.15, 0.2) is 0 Å². The predicted octanol–water partition coefficient (Wildman–Crippen LogP) is 4.24. The van der Waals surface area contributed by atoms with Gasteiger partial charge in [0.25, 0.3) is 0 Å². The summed E-state index contributed by atoms with van der Waals surface area (Å²) in [5.41, 5.74) is 2.69. The van der Waals surface area contributed by atoms with Crippen LogP contribution in [0.3, 0.4) is 0 Å². The van der Waals surface area contributed by atoms with E-state index in [9.17, 15) is 9.59 Å². The Kier molecular flexibility index (Phi) is 6.25. The van der Waals surface area contributed by atoms with Crippen molar-refractivity contribution in [2.24, 2.45) is 0 Å². The number of carbonyl (C=O) groups is 2. The average Bonchev–Trinajstić information content (AvgIpc) is 3.11. The molecule has 0 aromatic heterocycles. The number of nitrogens with one attached hydrogen (secondary N) is 2. The van der Waals surface area contributed by atoms with Crippen molar-refractivity contribution < 1.29 is 9.59 Å². The van der Waals surface area contributed by atoms with E-state index < -0.39 is 0 Å². The first kappa shape index (κ1) is 20.2. The van der Waals surface area contributed by atoms with E-state index in [0.717, 1.165) is 29.8 Å². The number of halogens is 1.